The summed E-state index contributed by atoms with van der Waals surface area (Å²) >= 11 is 0. The number of anilines is 2. The number of nitrogen functional groups attached to an aromatic ring is 2. The number of benzene rings is 2. The zero-order valence-electron chi connectivity index (χ0n) is 10.4. The molecule has 4 N–H and O–H groups in total. The minimum Gasteiger partial charge on any atom is -0.493 e. The quantitative estimate of drug-likeness (QED) is 0.814. The molecule has 0 unspecified atom stereocenters. The van der Waals surface area contributed by atoms with E-state index in [1.807, 2.05) is 36.4 Å². The van der Waals surface area contributed by atoms with E-state index in [4.69, 9.17) is 20.9 Å². The highest BCUT2D eigenvalue weighted by Gasteiger charge is 2.14. The van der Waals surface area contributed by atoms with Gasteiger partial charge in [-0.05, 0) is 18.2 Å². The fourth-order valence-electron chi connectivity index (χ4n) is 1.93. The smallest absolute Gasteiger partial charge is 0.184 e. The molecule has 94 valence electrons. The molecular weight excluding hydrogens is 228 g/mol. The molecule has 0 fully saturated rings. The summed E-state index contributed by atoms with van der Waals surface area (Å²) in [4.78, 5) is 0. The number of para-hydroxylation sites is 1. The van der Waals surface area contributed by atoms with E-state index in [9.17, 15) is 0 Å². The first-order valence-electron chi connectivity index (χ1n) is 5.54. The molecular formula is C14H16N2O2. The first-order valence-corrected chi connectivity index (χ1v) is 5.54. The van der Waals surface area contributed by atoms with Crippen molar-refractivity contribution in [1.82, 2.24) is 0 Å². The molecule has 0 atom stereocenters. The highest BCUT2D eigenvalue weighted by Crippen LogP contribution is 2.41. The maximum absolute atomic E-state index is 6.11. The molecule has 0 bridgehead atoms. The van der Waals surface area contributed by atoms with E-state index in [0.29, 0.717) is 22.9 Å². The monoisotopic (exact) mass is 244 g/mol. The van der Waals surface area contributed by atoms with Crippen LogP contribution in [-0.2, 0) is 0 Å². The summed E-state index contributed by atoms with van der Waals surface area (Å²) in [6, 6.07) is 11.3. The first-order chi connectivity index (χ1) is 8.69. The van der Waals surface area contributed by atoms with Crippen LogP contribution >= 0.6 is 0 Å². The van der Waals surface area contributed by atoms with Gasteiger partial charge < -0.3 is 20.9 Å². The fraction of sp³-hybridized carbons (Fsp3) is 0.143. The Morgan fingerprint density at radius 3 is 2.17 bits per heavy atom. The molecule has 2 rings (SSSR count). The number of nitrogens with two attached hydrogens (primary N) is 2. The number of ether oxygens (including phenoxy) is 2. The lowest BCUT2D eigenvalue weighted by atomic mass is 10.0. The van der Waals surface area contributed by atoms with E-state index < -0.39 is 0 Å². The van der Waals surface area contributed by atoms with Crippen LogP contribution in [-0.4, -0.2) is 14.2 Å². The van der Waals surface area contributed by atoms with Crippen LogP contribution < -0.4 is 20.9 Å². The molecule has 2 aromatic rings. The van der Waals surface area contributed by atoms with Gasteiger partial charge in [0, 0.05) is 16.8 Å². The largest absolute Gasteiger partial charge is 0.493 e. The van der Waals surface area contributed by atoms with Gasteiger partial charge in [-0.15, -0.1) is 0 Å². The van der Waals surface area contributed by atoms with Crippen molar-refractivity contribution in [3.63, 3.8) is 0 Å². The molecule has 18 heavy (non-hydrogen) atoms. The van der Waals surface area contributed by atoms with Crippen LogP contribution in [0.15, 0.2) is 36.4 Å². The van der Waals surface area contributed by atoms with Gasteiger partial charge in [-0.25, -0.2) is 0 Å². The predicted octanol–water partition coefficient (Wildman–Crippen LogP) is 2.54. The Balaban J connectivity index is 2.63. The number of rotatable bonds is 3. The Bertz CT molecular complexity index is 568. The van der Waals surface area contributed by atoms with Crippen molar-refractivity contribution in [3.05, 3.63) is 36.4 Å². The molecule has 0 aliphatic carbocycles. The van der Waals surface area contributed by atoms with Gasteiger partial charge in [0.15, 0.2) is 11.5 Å². The molecule has 0 saturated heterocycles. The number of methoxy groups -OCH3 is 2. The second-order valence-electron chi connectivity index (χ2n) is 3.85. The average Bonchev–Trinajstić information content (AvgIpc) is 2.39. The maximum Gasteiger partial charge on any atom is 0.184 e. The second kappa shape index (κ2) is 4.87. The molecule has 0 aliphatic rings. The number of hydrogen-bond acceptors (Lipinski definition) is 4. The molecule has 0 aliphatic heterocycles. The Labute approximate surface area is 106 Å². The minimum atomic E-state index is 0.523. The van der Waals surface area contributed by atoms with E-state index >= 15 is 0 Å². The van der Waals surface area contributed by atoms with Crippen molar-refractivity contribution in [1.29, 1.82) is 0 Å². The summed E-state index contributed by atoms with van der Waals surface area (Å²) in [7, 11) is 3.14. The van der Waals surface area contributed by atoms with E-state index in [0.717, 1.165) is 11.1 Å². The van der Waals surface area contributed by atoms with Crippen molar-refractivity contribution >= 4 is 11.4 Å². The van der Waals surface area contributed by atoms with Gasteiger partial charge in [-0.2, -0.15) is 0 Å². The van der Waals surface area contributed by atoms with Crippen LogP contribution in [0.25, 0.3) is 11.1 Å². The minimum absolute atomic E-state index is 0.523. The van der Waals surface area contributed by atoms with Crippen LogP contribution in [0.4, 0.5) is 11.4 Å². The second-order valence-corrected chi connectivity index (χ2v) is 3.85. The highest BCUT2D eigenvalue weighted by molar-refractivity contribution is 5.88. The predicted molar refractivity (Wildman–Crippen MR) is 73.8 cm³/mol. The van der Waals surface area contributed by atoms with Crippen LogP contribution in [0.1, 0.15) is 0 Å². The van der Waals surface area contributed by atoms with Crippen LogP contribution in [0.3, 0.4) is 0 Å². The van der Waals surface area contributed by atoms with E-state index in [1.165, 1.54) is 0 Å². The van der Waals surface area contributed by atoms with Gasteiger partial charge >= 0.3 is 0 Å². The molecule has 0 aromatic heterocycles. The third-order valence-corrected chi connectivity index (χ3v) is 2.83. The lowest BCUT2D eigenvalue weighted by Gasteiger charge is -2.15. The fourth-order valence-corrected chi connectivity index (χ4v) is 1.93. The lowest BCUT2D eigenvalue weighted by molar-refractivity contribution is 0.356. The van der Waals surface area contributed by atoms with Crippen molar-refractivity contribution in [2.75, 3.05) is 25.7 Å². The van der Waals surface area contributed by atoms with Crippen LogP contribution in [0, 0.1) is 0 Å². The van der Waals surface area contributed by atoms with Gasteiger partial charge in [-0.3, -0.25) is 0 Å². The third kappa shape index (κ3) is 1.93. The Hall–Kier alpha value is -2.36. The lowest BCUT2D eigenvalue weighted by Crippen LogP contribution is -1.99. The molecule has 0 saturated carbocycles. The SMILES string of the molecule is COc1ccc(-c2ccccc2N)c(N)c1OC. The zero-order chi connectivity index (χ0) is 13.1. The topological polar surface area (TPSA) is 70.5 Å². The molecule has 4 nitrogen and oxygen atoms in total. The van der Waals surface area contributed by atoms with Crippen LogP contribution in [0.2, 0.25) is 0 Å². The van der Waals surface area contributed by atoms with Gasteiger partial charge in [0.25, 0.3) is 0 Å². The molecule has 0 radical (unpaired) electrons. The first kappa shape index (κ1) is 12.1. The van der Waals surface area contributed by atoms with E-state index in [2.05, 4.69) is 0 Å². The van der Waals surface area contributed by atoms with Crippen LogP contribution in [0.5, 0.6) is 11.5 Å². The molecule has 4 heteroatoms. The standard InChI is InChI=1S/C14H16N2O2/c1-17-12-8-7-10(13(16)14(12)18-2)9-5-3-4-6-11(9)15/h3-8H,15-16H2,1-2H3. The summed E-state index contributed by atoms with van der Waals surface area (Å²) in [6.07, 6.45) is 0. The summed E-state index contributed by atoms with van der Waals surface area (Å²) in [5.41, 5.74) is 15.0. The average molecular weight is 244 g/mol. The molecule has 0 heterocycles. The Morgan fingerprint density at radius 2 is 1.56 bits per heavy atom. The van der Waals surface area contributed by atoms with E-state index in [-0.39, 0.29) is 0 Å². The summed E-state index contributed by atoms with van der Waals surface area (Å²) < 4.78 is 10.5. The van der Waals surface area contributed by atoms with Crippen molar-refractivity contribution in [3.8, 4) is 22.6 Å². The third-order valence-electron chi connectivity index (χ3n) is 2.83. The maximum atomic E-state index is 6.11. The van der Waals surface area contributed by atoms with Crippen molar-refractivity contribution < 1.29 is 9.47 Å². The Kier molecular flexibility index (Phi) is 3.28. The van der Waals surface area contributed by atoms with Gasteiger partial charge in [-0.1, -0.05) is 18.2 Å². The molecule has 2 aromatic carbocycles. The summed E-state index contributed by atoms with van der Waals surface area (Å²) in [6.45, 7) is 0. The molecule has 0 amide bonds. The van der Waals surface area contributed by atoms with E-state index in [1.54, 1.807) is 14.2 Å². The summed E-state index contributed by atoms with van der Waals surface area (Å²) in [5, 5.41) is 0. The van der Waals surface area contributed by atoms with Crippen molar-refractivity contribution in [2.24, 2.45) is 0 Å². The summed E-state index contributed by atoms with van der Waals surface area (Å²) in [5.74, 6) is 1.13. The van der Waals surface area contributed by atoms with Gasteiger partial charge in [0.2, 0.25) is 0 Å². The van der Waals surface area contributed by atoms with Crippen molar-refractivity contribution in [2.45, 2.75) is 0 Å². The Morgan fingerprint density at radius 1 is 0.833 bits per heavy atom. The van der Waals surface area contributed by atoms with Gasteiger partial charge in [0.05, 0.1) is 19.9 Å². The normalized spacial score (nSPS) is 10.1. The molecule has 0 spiro atoms. The number of hydrogen-bond donors (Lipinski definition) is 2. The zero-order valence-corrected chi connectivity index (χ0v) is 10.4. The van der Waals surface area contributed by atoms with Gasteiger partial charge in [0.1, 0.15) is 0 Å². The highest BCUT2D eigenvalue weighted by atomic mass is 16.5.